The molecule has 0 bridgehead atoms. The third-order valence-electron chi connectivity index (χ3n) is 5.82. The van der Waals surface area contributed by atoms with E-state index >= 15 is 0 Å². The zero-order valence-corrected chi connectivity index (χ0v) is 17.8. The Morgan fingerprint density at radius 3 is 2.53 bits per heavy atom. The van der Waals surface area contributed by atoms with Gasteiger partial charge < -0.3 is 15.0 Å². The van der Waals surface area contributed by atoms with Crippen LogP contribution < -0.4 is 10.1 Å². The van der Waals surface area contributed by atoms with E-state index in [9.17, 15) is 4.79 Å². The van der Waals surface area contributed by atoms with E-state index in [1.807, 2.05) is 65.6 Å². The Hall–Kier alpha value is -3.94. The van der Waals surface area contributed by atoms with Crippen molar-refractivity contribution < 1.29 is 9.53 Å². The van der Waals surface area contributed by atoms with Crippen LogP contribution in [0.4, 0.5) is 5.69 Å². The molecule has 0 aliphatic carbocycles. The van der Waals surface area contributed by atoms with Crippen LogP contribution in [0.3, 0.4) is 0 Å². The first-order chi connectivity index (χ1) is 15.7. The summed E-state index contributed by atoms with van der Waals surface area (Å²) in [6.07, 6.45) is 3.33. The number of carbonyl (C=O) groups is 1. The van der Waals surface area contributed by atoms with Gasteiger partial charge in [-0.1, -0.05) is 18.2 Å². The molecule has 5 rings (SSSR count). The number of anilines is 1. The number of likely N-dealkylation sites (tertiary alicyclic amines) is 1. The van der Waals surface area contributed by atoms with E-state index in [1.165, 1.54) is 0 Å². The maximum Gasteiger partial charge on any atom is 0.253 e. The molecule has 162 valence electrons. The summed E-state index contributed by atoms with van der Waals surface area (Å²) in [5.41, 5.74) is 4.11. The summed E-state index contributed by atoms with van der Waals surface area (Å²) in [4.78, 5) is 14.6. The lowest BCUT2D eigenvalue weighted by molar-refractivity contribution is 0.0718. The largest absolute Gasteiger partial charge is 0.497 e. The minimum Gasteiger partial charge on any atom is -0.497 e. The average molecular weight is 428 g/mol. The quantitative estimate of drug-likeness (QED) is 0.524. The molecule has 32 heavy (non-hydrogen) atoms. The molecule has 1 N–H and O–H groups in total. The number of fused-ring (bicyclic) bond motifs is 1. The van der Waals surface area contributed by atoms with Crippen LogP contribution in [-0.2, 0) is 0 Å². The van der Waals surface area contributed by atoms with Gasteiger partial charge in [-0.2, -0.15) is 9.61 Å². The highest BCUT2D eigenvalue weighted by atomic mass is 16.5. The van der Waals surface area contributed by atoms with Gasteiger partial charge in [-0.05, 0) is 55.3 Å². The Kier molecular flexibility index (Phi) is 5.41. The molecule has 8 heteroatoms. The summed E-state index contributed by atoms with van der Waals surface area (Å²) in [5.74, 6) is 0.892. The highest BCUT2D eigenvalue weighted by Gasteiger charge is 2.24. The Morgan fingerprint density at radius 2 is 1.81 bits per heavy atom. The van der Waals surface area contributed by atoms with Gasteiger partial charge in [0.15, 0.2) is 0 Å². The van der Waals surface area contributed by atoms with Crippen LogP contribution in [0.15, 0.2) is 67.0 Å². The Morgan fingerprint density at radius 1 is 1.06 bits per heavy atom. The third kappa shape index (κ3) is 3.99. The maximum atomic E-state index is 12.7. The van der Waals surface area contributed by atoms with Gasteiger partial charge in [0.25, 0.3) is 5.91 Å². The zero-order valence-electron chi connectivity index (χ0n) is 17.8. The van der Waals surface area contributed by atoms with Gasteiger partial charge in [0.1, 0.15) is 12.1 Å². The molecule has 0 saturated carbocycles. The second-order valence-electron chi connectivity index (χ2n) is 7.85. The van der Waals surface area contributed by atoms with Gasteiger partial charge >= 0.3 is 0 Å². The molecule has 1 saturated heterocycles. The van der Waals surface area contributed by atoms with Crippen molar-refractivity contribution in [1.82, 2.24) is 24.7 Å². The molecule has 2 aromatic carbocycles. The molecule has 4 aromatic rings. The standard InChI is InChI=1S/C24H24N6O2/c1-32-20-9-7-17(8-10-20)21-15-22(23-27-25-16-30(23)28-21)26-19-11-13-29(14-12-19)24(31)18-5-3-2-4-6-18/h2-10,15-16,19,26H,11-14H2,1H3. The van der Waals surface area contributed by atoms with Crippen LogP contribution >= 0.6 is 0 Å². The van der Waals surface area contributed by atoms with E-state index in [4.69, 9.17) is 4.74 Å². The van der Waals surface area contributed by atoms with Gasteiger partial charge in [-0.25, -0.2) is 0 Å². The highest BCUT2D eigenvalue weighted by Crippen LogP contribution is 2.27. The number of nitrogens with one attached hydrogen (secondary N) is 1. The SMILES string of the molecule is COc1ccc(-c2cc(NC3CCN(C(=O)c4ccccc4)CC3)c3nncn3n2)cc1. The van der Waals surface area contributed by atoms with Crippen molar-refractivity contribution in [2.75, 3.05) is 25.5 Å². The Labute approximate surface area is 185 Å². The van der Waals surface area contributed by atoms with E-state index < -0.39 is 0 Å². The minimum atomic E-state index is 0.0922. The summed E-state index contributed by atoms with van der Waals surface area (Å²) in [5, 5.41) is 16.5. The second-order valence-corrected chi connectivity index (χ2v) is 7.85. The van der Waals surface area contributed by atoms with Crippen molar-refractivity contribution in [3.05, 3.63) is 72.6 Å². The van der Waals surface area contributed by atoms with E-state index in [0.717, 1.165) is 41.1 Å². The summed E-state index contributed by atoms with van der Waals surface area (Å²) >= 11 is 0. The number of methoxy groups -OCH3 is 1. The number of aromatic nitrogens is 4. The molecule has 1 amide bonds. The topological polar surface area (TPSA) is 84.6 Å². The number of ether oxygens (including phenoxy) is 1. The number of hydrogen-bond donors (Lipinski definition) is 1. The summed E-state index contributed by atoms with van der Waals surface area (Å²) in [6, 6.07) is 19.5. The number of nitrogens with zero attached hydrogens (tertiary/aromatic N) is 5. The van der Waals surface area contributed by atoms with Crippen molar-refractivity contribution in [3.63, 3.8) is 0 Å². The van der Waals surface area contributed by atoms with Crippen LogP contribution in [0.5, 0.6) is 5.75 Å². The van der Waals surface area contributed by atoms with Gasteiger partial charge in [-0.3, -0.25) is 4.79 Å². The van der Waals surface area contributed by atoms with Crippen molar-refractivity contribution >= 4 is 17.2 Å². The van der Waals surface area contributed by atoms with Gasteiger partial charge in [0.05, 0.1) is 18.5 Å². The molecule has 1 aliphatic heterocycles. The summed E-state index contributed by atoms with van der Waals surface area (Å²) in [7, 11) is 1.65. The van der Waals surface area contributed by atoms with E-state index in [-0.39, 0.29) is 11.9 Å². The molecule has 1 fully saturated rings. The Bertz CT molecular complexity index is 1210. The molecule has 1 aliphatic rings. The van der Waals surface area contributed by atoms with Crippen LogP contribution in [0.1, 0.15) is 23.2 Å². The van der Waals surface area contributed by atoms with E-state index in [1.54, 1.807) is 18.0 Å². The number of hydrogen-bond acceptors (Lipinski definition) is 6. The number of carbonyl (C=O) groups excluding carboxylic acids is 1. The fourth-order valence-electron chi connectivity index (χ4n) is 4.05. The first-order valence-electron chi connectivity index (χ1n) is 10.7. The van der Waals surface area contributed by atoms with Crippen molar-refractivity contribution in [2.45, 2.75) is 18.9 Å². The summed E-state index contributed by atoms with van der Waals surface area (Å²) < 4.78 is 6.95. The summed E-state index contributed by atoms with van der Waals surface area (Å²) in [6.45, 7) is 1.43. The monoisotopic (exact) mass is 428 g/mol. The number of amides is 1. The average Bonchev–Trinajstić information content (AvgIpc) is 3.34. The Balaban J connectivity index is 1.32. The van der Waals surface area contributed by atoms with Crippen LogP contribution in [-0.4, -0.2) is 56.9 Å². The third-order valence-corrected chi connectivity index (χ3v) is 5.82. The van der Waals surface area contributed by atoms with Gasteiger partial charge in [0, 0.05) is 30.3 Å². The van der Waals surface area contributed by atoms with Gasteiger partial charge in [-0.15, -0.1) is 10.2 Å². The van der Waals surface area contributed by atoms with E-state index in [0.29, 0.717) is 18.7 Å². The number of benzene rings is 2. The smallest absolute Gasteiger partial charge is 0.253 e. The van der Waals surface area contributed by atoms with Crippen molar-refractivity contribution in [1.29, 1.82) is 0 Å². The molecular weight excluding hydrogens is 404 g/mol. The lowest BCUT2D eigenvalue weighted by Crippen LogP contribution is -2.42. The number of piperidine rings is 1. The molecule has 0 atom stereocenters. The predicted octanol–water partition coefficient (Wildman–Crippen LogP) is 3.52. The predicted molar refractivity (Wildman–Crippen MR) is 122 cm³/mol. The highest BCUT2D eigenvalue weighted by molar-refractivity contribution is 5.94. The molecule has 0 radical (unpaired) electrons. The van der Waals surface area contributed by atoms with Crippen molar-refractivity contribution in [2.24, 2.45) is 0 Å². The normalized spacial score (nSPS) is 14.5. The molecular formula is C24H24N6O2. The first-order valence-corrected chi connectivity index (χ1v) is 10.7. The maximum absolute atomic E-state index is 12.7. The van der Waals surface area contributed by atoms with Crippen LogP contribution in [0.2, 0.25) is 0 Å². The van der Waals surface area contributed by atoms with Gasteiger partial charge in [0.2, 0.25) is 5.65 Å². The van der Waals surface area contributed by atoms with Crippen molar-refractivity contribution in [3.8, 4) is 17.0 Å². The lowest BCUT2D eigenvalue weighted by atomic mass is 10.0. The molecule has 3 heterocycles. The van der Waals surface area contributed by atoms with Crippen LogP contribution in [0.25, 0.3) is 16.9 Å². The van der Waals surface area contributed by atoms with E-state index in [2.05, 4.69) is 20.6 Å². The first kappa shape index (κ1) is 20.0. The van der Waals surface area contributed by atoms with Crippen LogP contribution in [0, 0.1) is 0 Å². The number of rotatable bonds is 5. The minimum absolute atomic E-state index is 0.0922. The molecule has 0 spiro atoms. The lowest BCUT2D eigenvalue weighted by Gasteiger charge is -2.33. The fourth-order valence-corrected chi connectivity index (χ4v) is 4.05. The molecule has 0 unspecified atom stereocenters. The zero-order chi connectivity index (χ0) is 21.9. The second kappa shape index (κ2) is 8.66. The molecule has 2 aromatic heterocycles. The molecule has 8 nitrogen and oxygen atoms in total. The fraction of sp³-hybridized carbons (Fsp3) is 0.250.